The van der Waals surface area contributed by atoms with Gasteiger partial charge in [0.2, 0.25) is 0 Å². The first-order chi connectivity index (χ1) is 6.57. The van der Waals surface area contributed by atoms with E-state index in [4.69, 9.17) is 22.4 Å². The van der Waals surface area contributed by atoms with Crippen LogP contribution >= 0.6 is 11.6 Å². The van der Waals surface area contributed by atoms with E-state index in [0.717, 1.165) is 0 Å². The van der Waals surface area contributed by atoms with Crippen LogP contribution in [0.4, 0.5) is 11.4 Å². The van der Waals surface area contributed by atoms with Gasteiger partial charge in [-0.15, -0.1) is 0 Å². The van der Waals surface area contributed by atoms with Crippen molar-refractivity contribution in [2.24, 2.45) is 0 Å². The third-order valence-electron chi connectivity index (χ3n) is 2.18. The number of hydrogen-bond donors (Lipinski definition) is 2. The summed E-state index contributed by atoms with van der Waals surface area (Å²) in [6.45, 7) is 1.94. The molecule has 14 heavy (non-hydrogen) atoms. The van der Waals surface area contributed by atoms with Crippen LogP contribution in [-0.2, 0) is 0 Å². The largest absolute Gasteiger partial charge is 0.396 e. The highest BCUT2D eigenvalue weighted by Crippen LogP contribution is 2.30. The second kappa shape index (κ2) is 4.48. The minimum absolute atomic E-state index is 0.0304. The molecule has 0 fully saturated rings. The summed E-state index contributed by atoms with van der Waals surface area (Å²) in [7, 11) is 1.83. The van der Waals surface area contributed by atoms with Gasteiger partial charge >= 0.3 is 0 Å². The topological polar surface area (TPSA) is 62.4 Å². The van der Waals surface area contributed by atoms with Crippen molar-refractivity contribution in [2.75, 3.05) is 24.3 Å². The highest BCUT2D eigenvalue weighted by atomic mass is 35.5. The molecule has 0 aliphatic carbocycles. The zero-order chi connectivity index (χ0) is 10.7. The number of pyridine rings is 1. The quantitative estimate of drug-likeness (QED) is 0.794. The molecule has 0 spiro atoms. The Balaban J connectivity index is 3.05. The van der Waals surface area contributed by atoms with Crippen LogP contribution in [0.25, 0.3) is 0 Å². The van der Waals surface area contributed by atoms with Gasteiger partial charge in [-0.2, -0.15) is 0 Å². The molecule has 1 aromatic rings. The highest BCUT2D eigenvalue weighted by Gasteiger charge is 2.14. The standard InChI is InChI=1S/C9H14ClN3O/c1-6(5-14)13(2)9-7(10)3-12-4-8(9)11/h3-4,6,14H,5,11H2,1-2H3. The normalized spacial score (nSPS) is 12.6. The molecule has 0 bridgehead atoms. The summed E-state index contributed by atoms with van der Waals surface area (Å²) in [5, 5.41) is 9.50. The molecular weight excluding hydrogens is 202 g/mol. The summed E-state index contributed by atoms with van der Waals surface area (Å²) in [5.41, 5.74) is 6.97. The molecule has 0 radical (unpaired) electrons. The van der Waals surface area contributed by atoms with E-state index in [-0.39, 0.29) is 12.6 Å². The molecule has 0 aliphatic rings. The molecule has 0 saturated carbocycles. The average molecular weight is 216 g/mol. The van der Waals surface area contributed by atoms with Crippen LogP contribution in [0.15, 0.2) is 12.4 Å². The predicted octanol–water partition coefficient (Wildman–Crippen LogP) is 1.13. The smallest absolute Gasteiger partial charge is 0.0843 e. The second-order valence-corrected chi connectivity index (χ2v) is 3.61. The highest BCUT2D eigenvalue weighted by molar-refractivity contribution is 6.33. The number of nitrogen functional groups attached to an aromatic ring is 1. The fraction of sp³-hybridized carbons (Fsp3) is 0.444. The Hall–Kier alpha value is -1.00. The van der Waals surface area contributed by atoms with Crippen molar-refractivity contribution in [3.8, 4) is 0 Å². The van der Waals surface area contributed by atoms with Crippen LogP contribution in [0.2, 0.25) is 5.02 Å². The zero-order valence-corrected chi connectivity index (χ0v) is 8.99. The van der Waals surface area contributed by atoms with E-state index in [1.165, 1.54) is 6.20 Å². The Morgan fingerprint density at radius 2 is 2.29 bits per heavy atom. The van der Waals surface area contributed by atoms with E-state index in [0.29, 0.717) is 16.4 Å². The molecule has 78 valence electrons. The van der Waals surface area contributed by atoms with Crippen molar-refractivity contribution in [3.63, 3.8) is 0 Å². The number of nitrogens with zero attached hydrogens (tertiary/aromatic N) is 2. The molecule has 1 heterocycles. The molecular formula is C9H14ClN3O. The number of hydrogen-bond acceptors (Lipinski definition) is 4. The summed E-state index contributed by atoms with van der Waals surface area (Å²) in [4.78, 5) is 5.70. The van der Waals surface area contributed by atoms with Crippen molar-refractivity contribution < 1.29 is 5.11 Å². The molecule has 0 amide bonds. The minimum atomic E-state index is -0.0304. The average Bonchev–Trinajstić information content (AvgIpc) is 2.16. The summed E-state index contributed by atoms with van der Waals surface area (Å²) in [6, 6.07) is -0.0304. The number of likely N-dealkylation sites (N-methyl/N-ethyl adjacent to an activating group) is 1. The number of aliphatic hydroxyl groups excluding tert-OH is 1. The van der Waals surface area contributed by atoms with Gasteiger partial charge in [-0.25, -0.2) is 0 Å². The van der Waals surface area contributed by atoms with Crippen molar-refractivity contribution in [1.29, 1.82) is 0 Å². The number of aliphatic hydroxyl groups is 1. The first-order valence-corrected chi connectivity index (χ1v) is 4.68. The maximum atomic E-state index is 9.01. The SMILES string of the molecule is CC(CO)N(C)c1c(N)cncc1Cl. The minimum Gasteiger partial charge on any atom is -0.396 e. The Morgan fingerprint density at radius 3 is 2.79 bits per heavy atom. The Bertz CT molecular complexity index is 299. The van der Waals surface area contributed by atoms with E-state index in [2.05, 4.69) is 4.98 Å². The van der Waals surface area contributed by atoms with Crippen molar-refractivity contribution in [3.05, 3.63) is 17.4 Å². The summed E-state index contributed by atoms with van der Waals surface area (Å²) in [5.74, 6) is 0. The van der Waals surface area contributed by atoms with Gasteiger partial charge in [-0.05, 0) is 6.92 Å². The summed E-state index contributed by atoms with van der Waals surface area (Å²) < 4.78 is 0. The van der Waals surface area contributed by atoms with Crippen LogP contribution in [0, 0.1) is 0 Å². The fourth-order valence-electron chi connectivity index (χ4n) is 1.16. The second-order valence-electron chi connectivity index (χ2n) is 3.20. The maximum Gasteiger partial charge on any atom is 0.0843 e. The van der Waals surface area contributed by atoms with Crippen molar-refractivity contribution in [1.82, 2.24) is 4.98 Å². The van der Waals surface area contributed by atoms with Crippen LogP contribution in [0.3, 0.4) is 0 Å². The molecule has 1 rings (SSSR count). The Morgan fingerprint density at radius 1 is 1.64 bits per heavy atom. The number of aromatic nitrogens is 1. The van der Waals surface area contributed by atoms with Gasteiger partial charge in [-0.1, -0.05) is 11.6 Å². The molecule has 4 nitrogen and oxygen atoms in total. The molecule has 5 heteroatoms. The predicted molar refractivity (Wildman–Crippen MR) is 58.6 cm³/mol. The van der Waals surface area contributed by atoms with Gasteiger partial charge in [0.05, 0.1) is 29.2 Å². The molecule has 1 unspecified atom stereocenters. The van der Waals surface area contributed by atoms with Crippen LogP contribution in [0.1, 0.15) is 6.92 Å². The Labute approximate surface area is 88.3 Å². The van der Waals surface area contributed by atoms with Gasteiger partial charge in [0, 0.05) is 19.3 Å². The number of nitrogens with two attached hydrogens (primary N) is 1. The van der Waals surface area contributed by atoms with Crippen LogP contribution in [-0.4, -0.2) is 29.8 Å². The first kappa shape index (κ1) is 11.1. The van der Waals surface area contributed by atoms with Crippen molar-refractivity contribution in [2.45, 2.75) is 13.0 Å². The molecule has 0 aliphatic heterocycles. The molecule has 1 aromatic heterocycles. The third-order valence-corrected chi connectivity index (χ3v) is 2.46. The van der Waals surface area contributed by atoms with E-state index in [9.17, 15) is 0 Å². The van der Waals surface area contributed by atoms with E-state index in [1.807, 2.05) is 18.9 Å². The van der Waals surface area contributed by atoms with E-state index in [1.54, 1.807) is 6.20 Å². The molecule has 1 atom stereocenters. The third kappa shape index (κ3) is 2.08. The lowest BCUT2D eigenvalue weighted by atomic mass is 10.2. The van der Waals surface area contributed by atoms with Gasteiger partial charge in [-0.3, -0.25) is 4.98 Å². The lowest BCUT2D eigenvalue weighted by molar-refractivity contribution is 0.270. The van der Waals surface area contributed by atoms with E-state index < -0.39 is 0 Å². The summed E-state index contributed by atoms with van der Waals surface area (Å²) in [6.07, 6.45) is 3.08. The number of rotatable bonds is 3. The Kier molecular flexibility index (Phi) is 3.55. The molecule has 3 N–H and O–H groups in total. The zero-order valence-electron chi connectivity index (χ0n) is 8.24. The molecule has 0 aromatic carbocycles. The first-order valence-electron chi connectivity index (χ1n) is 4.30. The lowest BCUT2D eigenvalue weighted by Crippen LogP contribution is -2.32. The van der Waals surface area contributed by atoms with Crippen LogP contribution < -0.4 is 10.6 Å². The van der Waals surface area contributed by atoms with Gasteiger partial charge in [0.15, 0.2) is 0 Å². The monoisotopic (exact) mass is 215 g/mol. The lowest BCUT2D eigenvalue weighted by Gasteiger charge is -2.27. The fourth-order valence-corrected chi connectivity index (χ4v) is 1.46. The number of halogens is 1. The summed E-state index contributed by atoms with van der Waals surface area (Å²) >= 11 is 5.96. The van der Waals surface area contributed by atoms with Gasteiger partial charge in [0.1, 0.15) is 0 Å². The number of anilines is 2. The molecule has 0 saturated heterocycles. The van der Waals surface area contributed by atoms with E-state index >= 15 is 0 Å². The van der Waals surface area contributed by atoms with Crippen LogP contribution in [0.5, 0.6) is 0 Å². The van der Waals surface area contributed by atoms with Gasteiger partial charge in [0.25, 0.3) is 0 Å². The van der Waals surface area contributed by atoms with Crippen molar-refractivity contribution >= 4 is 23.0 Å². The maximum absolute atomic E-state index is 9.01. The van der Waals surface area contributed by atoms with Gasteiger partial charge < -0.3 is 15.7 Å².